The van der Waals surface area contributed by atoms with Crippen molar-refractivity contribution < 1.29 is 23.5 Å². The predicted octanol–water partition coefficient (Wildman–Crippen LogP) is 2.67. The molecule has 3 amide bonds. The number of imide groups is 1. The topological polar surface area (TPSA) is 137 Å². The summed E-state index contributed by atoms with van der Waals surface area (Å²) in [7, 11) is 0. The molecule has 2 fully saturated rings. The maximum atomic E-state index is 12.6. The van der Waals surface area contributed by atoms with Gasteiger partial charge in [0, 0.05) is 19.5 Å². The SMILES string of the molecule is Nc1c(C2CCN(C(=O)OCc3ccccc3)CC2)ccc2c1oc(=O)n2C1CCC(=O)NC1=O. The molecule has 0 saturated carbocycles. The lowest BCUT2D eigenvalue weighted by Crippen LogP contribution is -2.43. The minimum absolute atomic E-state index is 0.0850. The van der Waals surface area contributed by atoms with E-state index in [1.54, 1.807) is 11.0 Å². The van der Waals surface area contributed by atoms with E-state index in [2.05, 4.69) is 5.32 Å². The highest BCUT2D eigenvalue weighted by Crippen LogP contribution is 2.36. The normalized spacial score (nSPS) is 19.1. The number of amides is 3. The van der Waals surface area contributed by atoms with Gasteiger partial charge in [-0.25, -0.2) is 9.59 Å². The summed E-state index contributed by atoms with van der Waals surface area (Å²) in [6, 6.07) is 12.3. The summed E-state index contributed by atoms with van der Waals surface area (Å²) in [6.45, 7) is 1.28. The van der Waals surface area contributed by atoms with Gasteiger partial charge in [-0.1, -0.05) is 36.4 Å². The summed E-state index contributed by atoms with van der Waals surface area (Å²) in [5, 5.41) is 2.27. The number of anilines is 1. The number of carbonyl (C=O) groups is 3. The molecule has 35 heavy (non-hydrogen) atoms. The zero-order valence-corrected chi connectivity index (χ0v) is 19.1. The van der Waals surface area contributed by atoms with Crippen LogP contribution >= 0.6 is 0 Å². The summed E-state index contributed by atoms with van der Waals surface area (Å²) < 4.78 is 12.2. The summed E-state index contributed by atoms with van der Waals surface area (Å²) in [6.07, 6.45) is 1.40. The van der Waals surface area contributed by atoms with Crippen LogP contribution in [0.3, 0.4) is 0 Å². The van der Waals surface area contributed by atoms with Gasteiger partial charge in [-0.15, -0.1) is 0 Å². The van der Waals surface area contributed by atoms with E-state index in [9.17, 15) is 19.2 Å². The fourth-order valence-electron chi connectivity index (χ4n) is 4.90. The van der Waals surface area contributed by atoms with Crippen LogP contribution in [0.5, 0.6) is 0 Å². The highest BCUT2D eigenvalue weighted by molar-refractivity contribution is 6.00. The van der Waals surface area contributed by atoms with Crippen LogP contribution in [0.1, 0.15) is 48.8 Å². The molecule has 0 radical (unpaired) electrons. The predicted molar refractivity (Wildman–Crippen MR) is 126 cm³/mol. The van der Waals surface area contributed by atoms with Crippen LogP contribution in [-0.4, -0.2) is 40.5 Å². The fourth-order valence-corrected chi connectivity index (χ4v) is 4.90. The largest absolute Gasteiger partial charge is 0.445 e. The van der Waals surface area contributed by atoms with Crippen LogP contribution < -0.4 is 16.8 Å². The molecule has 0 spiro atoms. The average Bonchev–Trinajstić information content (AvgIpc) is 3.20. The van der Waals surface area contributed by atoms with Crippen molar-refractivity contribution in [1.29, 1.82) is 0 Å². The van der Waals surface area contributed by atoms with Gasteiger partial charge in [0.2, 0.25) is 11.8 Å². The fraction of sp³-hybridized carbons (Fsp3) is 0.360. The van der Waals surface area contributed by atoms with Crippen molar-refractivity contribution in [3.63, 3.8) is 0 Å². The first-order chi connectivity index (χ1) is 16.9. The Morgan fingerprint density at radius 1 is 1.06 bits per heavy atom. The number of nitrogens with one attached hydrogen (secondary N) is 1. The van der Waals surface area contributed by atoms with Crippen LogP contribution in [0, 0.1) is 0 Å². The molecule has 2 aliphatic heterocycles. The van der Waals surface area contributed by atoms with Gasteiger partial charge in [0.15, 0.2) is 5.58 Å². The molecule has 10 nitrogen and oxygen atoms in total. The average molecular weight is 479 g/mol. The molecule has 0 aliphatic carbocycles. The van der Waals surface area contributed by atoms with Crippen molar-refractivity contribution in [3.8, 4) is 0 Å². The molecule has 2 saturated heterocycles. The van der Waals surface area contributed by atoms with Crippen LogP contribution in [0.25, 0.3) is 11.1 Å². The van der Waals surface area contributed by atoms with Crippen molar-refractivity contribution in [2.75, 3.05) is 18.8 Å². The van der Waals surface area contributed by atoms with Gasteiger partial charge in [-0.2, -0.15) is 0 Å². The number of likely N-dealkylation sites (tertiary alicyclic amines) is 1. The Balaban J connectivity index is 1.28. The van der Waals surface area contributed by atoms with Gasteiger partial charge in [0.25, 0.3) is 0 Å². The first-order valence-electron chi connectivity index (χ1n) is 11.6. The molecular weight excluding hydrogens is 452 g/mol. The van der Waals surface area contributed by atoms with Crippen molar-refractivity contribution in [1.82, 2.24) is 14.8 Å². The highest BCUT2D eigenvalue weighted by Gasteiger charge is 2.33. The zero-order valence-electron chi connectivity index (χ0n) is 19.1. The summed E-state index contributed by atoms with van der Waals surface area (Å²) >= 11 is 0. The zero-order chi connectivity index (χ0) is 24.5. The first-order valence-corrected chi connectivity index (χ1v) is 11.6. The number of nitrogens with zero attached hydrogens (tertiary/aromatic N) is 2. The Labute approximate surface area is 200 Å². The number of benzene rings is 2. The molecule has 182 valence electrons. The number of fused-ring (bicyclic) bond motifs is 1. The van der Waals surface area contributed by atoms with Crippen LogP contribution in [0.2, 0.25) is 0 Å². The van der Waals surface area contributed by atoms with Gasteiger partial charge >= 0.3 is 11.8 Å². The van der Waals surface area contributed by atoms with Crippen LogP contribution in [0.4, 0.5) is 10.5 Å². The minimum Gasteiger partial charge on any atom is -0.445 e. The minimum atomic E-state index is -0.822. The Bertz CT molecular complexity index is 1340. The smallest absolute Gasteiger partial charge is 0.420 e. The van der Waals surface area contributed by atoms with E-state index < -0.39 is 17.7 Å². The molecule has 1 unspecified atom stereocenters. The van der Waals surface area contributed by atoms with Gasteiger partial charge in [0.1, 0.15) is 12.6 Å². The number of piperidine rings is 2. The lowest BCUT2D eigenvalue weighted by Gasteiger charge is -2.32. The maximum absolute atomic E-state index is 12.6. The second-order valence-corrected chi connectivity index (χ2v) is 8.92. The quantitative estimate of drug-likeness (QED) is 0.434. The number of oxazole rings is 1. The molecule has 1 aromatic heterocycles. The number of ether oxygens (including phenoxy) is 1. The number of carbonyl (C=O) groups excluding carboxylic acids is 3. The van der Waals surface area contributed by atoms with E-state index in [-0.39, 0.29) is 42.9 Å². The molecule has 2 aromatic carbocycles. The van der Waals surface area contributed by atoms with Crippen molar-refractivity contribution in [2.45, 2.75) is 44.2 Å². The van der Waals surface area contributed by atoms with Crippen LogP contribution in [0.15, 0.2) is 51.7 Å². The van der Waals surface area contributed by atoms with Crippen molar-refractivity contribution in [2.24, 2.45) is 0 Å². The Morgan fingerprint density at radius 2 is 1.80 bits per heavy atom. The number of aromatic nitrogens is 1. The Morgan fingerprint density at radius 3 is 2.51 bits per heavy atom. The number of nitrogen functional groups attached to an aromatic ring is 1. The van der Waals surface area contributed by atoms with E-state index in [0.717, 1.165) is 11.1 Å². The molecule has 10 heteroatoms. The third-order valence-corrected chi connectivity index (χ3v) is 6.77. The molecule has 3 N–H and O–H groups in total. The number of rotatable bonds is 4. The molecule has 3 aromatic rings. The number of hydrogen-bond donors (Lipinski definition) is 2. The van der Waals surface area contributed by atoms with Gasteiger partial charge in [0.05, 0.1) is 11.2 Å². The lowest BCUT2D eigenvalue weighted by atomic mass is 9.88. The molecular formula is C25H26N4O6. The standard InChI is InChI=1S/C25H26N4O6/c26-21-17(16-10-12-28(13-11-16)24(32)34-14-15-4-2-1-3-5-15)6-7-18-22(21)35-25(33)29(18)19-8-9-20(30)27-23(19)31/h1-7,16,19H,8-14,26H2,(H,27,30,31). The van der Waals surface area contributed by atoms with Crippen molar-refractivity contribution in [3.05, 3.63) is 64.1 Å². The molecule has 0 bridgehead atoms. The van der Waals surface area contributed by atoms with E-state index in [0.29, 0.717) is 37.1 Å². The van der Waals surface area contributed by atoms with Gasteiger partial charge in [-0.3, -0.25) is 19.5 Å². The second-order valence-electron chi connectivity index (χ2n) is 8.92. The Kier molecular flexibility index (Phi) is 6.02. The van der Waals surface area contributed by atoms with Crippen molar-refractivity contribution >= 4 is 34.7 Å². The highest BCUT2D eigenvalue weighted by atomic mass is 16.6. The molecule has 2 aliphatic rings. The number of hydrogen-bond acceptors (Lipinski definition) is 7. The van der Waals surface area contributed by atoms with Gasteiger partial charge < -0.3 is 19.8 Å². The second kappa shape index (κ2) is 9.28. The third-order valence-electron chi connectivity index (χ3n) is 6.77. The van der Waals surface area contributed by atoms with E-state index in [1.165, 1.54) is 4.57 Å². The summed E-state index contributed by atoms with van der Waals surface area (Å²) in [4.78, 5) is 50.5. The Hall–Kier alpha value is -4.08. The molecule has 3 heterocycles. The molecule has 1 atom stereocenters. The van der Waals surface area contributed by atoms with E-state index in [4.69, 9.17) is 14.9 Å². The summed E-state index contributed by atoms with van der Waals surface area (Å²) in [5.74, 6) is -1.49. The van der Waals surface area contributed by atoms with E-state index in [1.807, 2.05) is 36.4 Å². The molecule has 5 rings (SSSR count). The van der Waals surface area contributed by atoms with Crippen LogP contribution in [-0.2, 0) is 20.9 Å². The monoisotopic (exact) mass is 478 g/mol. The maximum Gasteiger partial charge on any atom is 0.420 e. The summed E-state index contributed by atoms with van der Waals surface area (Å²) in [5.41, 5.74) is 9.22. The third kappa shape index (κ3) is 4.39. The van der Waals surface area contributed by atoms with Gasteiger partial charge in [-0.05, 0) is 42.4 Å². The lowest BCUT2D eigenvalue weighted by molar-refractivity contribution is -0.135. The first kappa shape index (κ1) is 22.7. The van der Waals surface area contributed by atoms with E-state index >= 15 is 0 Å². The number of nitrogens with two attached hydrogens (primary N) is 1.